The van der Waals surface area contributed by atoms with Gasteiger partial charge in [-0.05, 0) is 12.8 Å². The highest BCUT2D eigenvalue weighted by atomic mass is 32.2. The van der Waals surface area contributed by atoms with Crippen LogP contribution in [0.3, 0.4) is 0 Å². The maximum atomic E-state index is 10.5. The van der Waals surface area contributed by atoms with Crippen LogP contribution in [0.5, 0.6) is 0 Å². The third-order valence-corrected chi connectivity index (χ3v) is 2.28. The molecule has 0 spiro atoms. The quantitative estimate of drug-likeness (QED) is 0.303. The topological polar surface area (TPSA) is 111 Å². The molecule has 0 heterocycles. The molecule has 0 unspecified atom stereocenters. The van der Waals surface area contributed by atoms with E-state index in [4.69, 9.17) is 10.9 Å². The van der Waals surface area contributed by atoms with Gasteiger partial charge in [-0.2, -0.15) is 0 Å². The molecule has 0 aliphatic heterocycles. The minimum absolute atomic E-state index is 0.0406. The Balaban J connectivity index is 3.55. The van der Waals surface area contributed by atoms with Crippen molar-refractivity contribution in [3.8, 4) is 0 Å². The molecular weight excluding hydrogens is 204 g/mol. The predicted molar refractivity (Wildman–Crippen MR) is 57.4 cm³/mol. The second-order valence-corrected chi connectivity index (χ2v) is 4.65. The summed E-state index contributed by atoms with van der Waals surface area (Å²) >= 11 is 0. The number of rotatable bonds is 6. The van der Waals surface area contributed by atoms with E-state index in [1.807, 2.05) is 6.92 Å². The van der Waals surface area contributed by atoms with Crippen LogP contribution >= 0.6 is 0 Å². The number of aliphatic imine (C=N–C) groups is 1. The molecule has 0 aromatic carbocycles. The second kappa shape index (κ2) is 6.61. The molecule has 0 saturated carbocycles. The summed E-state index contributed by atoms with van der Waals surface area (Å²) in [6, 6.07) is 0. The Kier molecular flexibility index (Phi) is 6.22. The lowest BCUT2D eigenvalue weighted by Crippen LogP contribution is -2.33. The van der Waals surface area contributed by atoms with Gasteiger partial charge in [-0.1, -0.05) is 6.92 Å². The molecule has 0 aromatic rings. The van der Waals surface area contributed by atoms with Crippen molar-refractivity contribution in [1.29, 1.82) is 0 Å². The highest BCUT2D eigenvalue weighted by molar-refractivity contribution is 7.89. The van der Waals surface area contributed by atoms with Gasteiger partial charge in [0, 0.05) is 13.1 Å². The Morgan fingerprint density at radius 1 is 1.50 bits per heavy atom. The van der Waals surface area contributed by atoms with E-state index in [2.05, 4.69) is 10.3 Å². The zero-order chi connectivity index (χ0) is 11.0. The number of nitrogens with zero attached hydrogens (tertiary/aromatic N) is 1. The number of sulfonamides is 1. The van der Waals surface area contributed by atoms with Crippen molar-refractivity contribution in [1.82, 2.24) is 5.32 Å². The molecule has 0 atom stereocenters. The molecule has 5 N–H and O–H groups in total. The van der Waals surface area contributed by atoms with Gasteiger partial charge in [0.25, 0.3) is 0 Å². The van der Waals surface area contributed by atoms with Crippen molar-refractivity contribution in [2.75, 3.05) is 18.8 Å². The van der Waals surface area contributed by atoms with Gasteiger partial charge in [-0.25, -0.2) is 13.6 Å². The number of nitrogens with two attached hydrogens (primary N) is 2. The largest absolute Gasteiger partial charge is 0.370 e. The lowest BCUT2D eigenvalue weighted by molar-refractivity contribution is 0.594. The first-order chi connectivity index (χ1) is 6.45. The fourth-order valence-corrected chi connectivity index (χ4v) is 1.32. The molecule has 0 aliphatic rings. The molecule has 0 rings (SSSR count). The summed E-state index contributed by atoms with van der Waals surface area (Å²) in [7, 11) is -3.36. The summed E-state index contributed by atoms with van der Waals surface area (Å²) in [5.41, 5.74) is 5.47. The van der Waals surface area contributed by atoms with Gasteiger partial charge in [-0.3, -0.25) is 4.99 Å². The summed E-state index contributed by atoms with van der Waals surface area (Å²) in [6.45, 7) is 3.14. The molecule has 0 aromatic heterocycles. The van der Waals surface area contributed by atoms with E-state index in [0.29, 0.717) is 25.5 Å². The van der Waals surface area contributed by atoms with Crippen molar-refractivity contribution in [3.05, 3.63) is 0 Å². The lowest BCUT2D eigenvalue weighted by atomic mass is 10.5. The number of nitrogens with one attached hydrogen (secondary N) is 1. The van der Waals surface area contributed by atoms with Crippen LogP contribution in [0.4, 0.5) is 0 Å². The van der Waals surface area contributed by atoms with Gasteiger partial charge >= 0.3 is 0 Å². The average Bonchev–Trinajstić information content (AvgIpc) is 2.07. The highest BCUT2D eigenvalue weighted by Crippen LogP contribution is 1.83. The molecule has 0 fully saturated rings. The van der Waals surface area contributed by atoms with Gasteiger partial charge in [-0.15, -0.1) is 0 Å². The Labute approximate surface area is 84.8 Å². The molecule has 0 saturated heterocycles. The molecule has 84 valence electrons. The molecule has 0 aliphatic carbocycles. The number of guanidine groups is 1. The van der Waals surface area contributed by atoms with E-state index in [0.717, 1.165) is 6.42 Å². The Bertz CT molecular complexity index is 273. The normalized spacial score (nSPS) is 12.9. The SMILES string of the molecule is CCCN=C(N)NCCCS(N)(=O)=O. The first-order valence-corrected chi connectivity index (χ1v) is 6.21. The summed E-state index contributed by atoms with van der Waals surface area (Å²) in [6.07, 6.45) is 1.36. The van der Waals surface area contributed by atoms with Gasteiger partial charge < -0.3 is 11.1 Å². The van der Waals surface area contributed by atoms with Crippen molar-refractivity contribution in [2.24, 2.45) is 15.9 Å². The van der Waals surface area contributed by atoms with Crippen LogP contribution in [0.15, 0.2) is 4.99 Å². The maximum absolute atomic E-state index is 10.5. The third-order valence-electron chi connectivity index (χ3n) is 1.42. The molecule has 7 heteroatoms. The van der Waals surface area contributed by atoms with E-state index in [-0.39, 0.29) is 5.75 Å². The fourth-order valence-electron chi connectivity index (χ4n) is 0.778. The van der Waals surface area contributed by atoms with E-state index in [1.54, 1.807) is 0 Å². The minimum Gasteiger partial charge on any atom is -0.370 e. The first kappa shape index (κ1) is 13.2. The summed E-state index contributed by atoms with van der Waals surface area (Å²) < 4.78 is 21.1. The molecule has 0 amide bonds. The van der Waals surface area contributed by atoms with E-state index in [9.17, 15) is 8.42 Å². The van der Waals surface area contributed by atoms with E-state index in [1.165, 1.54) is 0 Å². The van der Waals surface area contributed by atoms with Crippen molar-refractivity contribution in [2.45, 2.75) is 19.8 Å². The van der Waals surface area contributed by atoms with E-state index >= 15 is 0 Å². The van der Waals surface area contributed by atoms with Crippen LogP contribution in [0.25, 0.3) is 0 Å². The van der Waals surface area contributed by atoms with Crippen LogP contribution in [-0.2, 0) is 10.0 Å². The lowest BCUT2D eigenvalue weighted by Gasteiger charge is -2.04. The van der Waals surface area contributed by atoms with Crippen LogP contribution in [0.2, 0.25) is 0 Å². The van der Waals surface area contributed by atoms with Crippen LogP contribution in [0.1, 0.15) is 19.8 Å². The van der Waals surface area contributed by atoms with E-state index < -0.39 is 10.0 Å². The van der Waals surface area contributed by atoms with Gasteiger partial charge in [0.15, 0.2) is 5.96 Å². The van der Waals surface area contributed by atoms with Crippen molar-refractivity contribution < 1.29 is 8.42 Å². The van der Waals surface area contributed by atoms with Crippen LogP contribution in [-0.4, -0.2) is 33.2 Å². The first-order valence-electron chi connectivity index (χ1n) is 4.50. The second-order valence-electron chi connectivity index (χ2n) is 2.91. The van der Waals surface area contributed by atoms with Gasteiger partial charge in [0.2, 0.25) is 10.0 Å². The molecule has 0 bridgehead atoms. The number of hydrogen-bond donors (Lipinski definition) is 3. The third kappa shape index (κ3) is 9.27. The summed E-state index contributed by atoms with van der Waals surface area (Å²) in [4.78, 5) is 3.98. The maximum Gasteiger partial charge on any atom is 0.209 e. The Morgan fingerprint density at radius 3 is 2.64 bits per heavy atom. The minimum atomic E-state index is -3.36. The van der Waals surface area contributed by atoms with Crippen molar-refractivity contribution >= 4 is 16.0 Å². The van der Waals surface area contributed by atoms with Crippen LogP contribution in [0, 0.1) is 0 Å². The average molecular weight is 222 g/mol. The summed E-state index contributed by atoms with van der Waals surface area (Å²) in [5.74, 6) is 0.308. The molecule has 6 nitrogen and oxygen atoms in total. The zero-order valence-corrected chi connectivity index (χ0v) is 9.18. The zero-order valence-electron chi connectivity index (χ0n) is 8.36. The number of primary sulfonamides is 1. The Morgan fingerprint density at radius 2 is 2.14 bits per heavy atom. The smallest absolute Gasteiger partial charge is 0.209 e. The van der Waals surface area contributed by atoms with Gasteiger partial charge in [0.05, 0.1) is 5.75 Å². The summed E-state index contributed by atoms with van der Waals surface area (Å²) in [5, 5.41) is 7.61. The monoisotopic (exact) mass is 222 g/mol. The molecular formula is C7H18N4O2S. The predicted octanol–water partition coefficient (Wildman–Crippen LogP) is -1.02. The standard InChI is InChI=1S/C7H18N4O2S/c1-2-4-10-7(8)11-5-3-6-14(9,12)13/h2-6H2,1H3,(H3,8,10,11)(H2,9,12,13). The van der Waals surface area contributed by atoms with Crippen molar-refractivity contribution in [3.63, 3.8) is 0 Å². The van der Waals surface area contributed by atoms with Crippen LogP contribution < -0.4 is 16.2 Å². The molecule has 0 radical (unpaired) electrons. The highest BCUT2D eigenvalue weighted by Gasteiger charge is 2.01. The molecule has 14 heavy (non-hydrogen) atoms. The number of hydrogen-bond acceptors (Lipinski definition) is 3. The fraction of sp³-hybridized carbons (Fsp3) is 0.857. The van der Waals surface area contributed by atoms with Gasteiger partial charge in [0.1, 0.15) is 0 Å². The Hall–Kier alpha value is -0.820.